The van der Waals surface area contributed by atoms with Crippen molar-refractivity contribution in [3.05, 3.63) is 29.3 Å². The molecule has 0 aliphatic heterocycles. The van der Waals surface area contributed by atoms with Gasteiger partial charge in [0, 0.05) is 6.07 Å². The van der Waals surface area contributed by atoms with Crippen LogP contribution in [0.3, 0.4) is 0 Å². The first-order chi connectivity index (χ1) is 7.35. The third kappa shape index (κ3) is 3.16. The summed E-state index contributed by atoms with van der Waals surface area (Å²) >= 11 is 0. The molecule has 0 bridgehead atoms. The normalized spacial score (nSPS) is 11.5. The number of anilines is 1. The third-order valence-electron chi connectivity index (χ3n) is 1.99. The molecule has 1 aromatic rings. The van der Waals surface area contributed by atoms with Gasteiger partial charge in [0.25, 0.3) is 0 Å². The number of benzene rings is 1. The molecule has 0 amide bonds. The maximum absolute atomic E-state index is 13.3. The van der Waals surface area contributed by atoms with Crippen LogP contribution in [0.1, 0.15) is 18.9 Å². The number of rotatable bonds is 4. The summed E-state index contributed by atoms with van der Waals surface area (Å²) < 4.78 is 51.1. The number of hydrogen-bond acceptors (Lipinski definition) is 2. The Labute approximate surface area is 93.5 Å². The maximum atomic E-state index is 13.3. The molecule has 1 aromatic carbocycles. The van der Waals surface area contributed by atoms with E-state index in [0.717, 1.165) is 12.1 Å². The van der Waals surface area contributed by atoms with Crippen LogP contribution in [0.4, 0.5) is 14.5 Å². The van der Waals surface area contributed by atoms with Crippen molar-refractivity contribution in [2.45, 2.75) is 20.3 Å². The van der Waals surface area contributed by atoms with Gasteiger partial charge < -0.3 is 0 Å². The highest BCUT2D eigenvalue weighted by atomic mass is 32.2. The summed E-state index contributed by atoms with van der Waals surface area (Å²) in [6, 6.07) is 1.80. The Kier molecular flexibility index (Phi) is 3.85. The smallest absolute Gasteiger partial charge is 0.232 e. The third-order valence-corrected chi connectivity index (χ3v) is 3.46. The largest absolute Gasteiger partial charge is 0.280 e. The van der Waals surface area contributed by atoms with E-state index in [4.69, 9.17) is 0 Å². The van der Waals surface area contributed by atoms with Crippen LogP contribution >= 0.6 is 0 Å². The summed E-state index contributed by atoms with van der Waals surface area (Å²) in [5, 5.41) is 0. The molecule has 0 saturated heterocycles. The van der Waals surface area contributed by atoms with Crippen molar-refractivity contribution in [1.29, 1.82) is 0 Å². The van der Waals surface area contributed by atoms with Crippen LogP contribution in [0.25, 0.3) is 0 Å². The highest BCUT2D eigenvalue weighted by Crippen LogP contribution is 2.20. The van der Waals surface area contributed by atoms with Gasteiger partial charge in [0.2, 0.25) is 10.0 Å². The highest BCUT2D eigenvalue weighted by molar-refractivity contribution is 7.92. The van der Waals surface area contributed by atoms with E-state index in [1.807, 2.05) is 4.72 Å². The lowest BCUT2D eigenvalue weighted by atomic mass is 10.2. The molecule has 0 radical (unpaired) electrons. The van der Waals surface area contributed by atoms with E-state index in [2.05, 4.69) is 0 Å². The molecule has 16 heavy (non-hydrogen) atoms. The monoisotopic (exact) mass is 249 g/mol. The molecule has 0 aliphatic rings. The van der Waals surface area contributed by atoms with Gasteiger partial charge in [-0.05, 0) is 25.0 Å². The zero-order valence-electron chi connectivity index (χ0n) is 9.05. The summed E-state index contributed by atoms with van der Waals surface area (Å²) in [6.07, 6.45) is 0.408. The first kappa shape index (κ1) is 12.9. The summed E-state index contributed by atoms with van der Waals surface area (Å²) in [5.41, 5.74) is -0.215. The second-order valence-electron chi connectivity index (χ2n) is 3.50. The van der Waals surface area contributed by atoms with Crippen molar-refractivity contribution in [2.24, 2.45) is 0 Å². The molecular formula is C10H13F2NO2S. The first-order valence-electron chi connectivity index (χ1n) is 4.82. The average Bonchev–Trinajstić information content (AvgIpc) is 2.13. The number of sulfonamides is 1. The molecule has 6 heteroatoms. The van der Waals surface area contributed by atoms with Crippen molar-refractivity contribution in [2.75, 3.05) is 10.5 Å². The van der Waals surface area contributed by atoms with Crippen LogP contribution in [-0.4, -0.2) is 14.2 Å². The van der Waals surface area contributed by atoms with Crippen molar-refractivity contribution in [1.82, 2.24) is 0 Å². The quantitative estimate of drug-likeness (QED) is 0.890. The van der Waals surface area contributed by atoms with Crippen LogP contribution < -0.4 is 4.72 Å². The van der Waals surface area contributed by atoms with E-state index < -0.39 is 21.7 Å². The molecule has 1 rings (SSSR count). The van der Waals surface area contributed by atoms with E-state index >= 15 is 0 Å². The molecule has 0 heterocycles. The van der Waals surface area contributed by atoms with Gasteiger partial charge in [-0.25, -0.2) is 17.2 Å². The molecule has 3 nitrogen and oxygen atoms in total. The Hall–Kier alpha value is -1.17. The van der Waals surface area contributed by atoms with Gasteiger partial charge in [-0.1, -0.05) is 6.92 Å². The topological polar surface area (TPSA) is 46.2 Å². The fraction of sp³-hybridized carbons (Fsp3) is 0.400. The highest BCUT2D eigenvalue weighted by Gasteiger charge is 2.13. The van der Waals surface area contributed by atoms with Gasteiger partial charge in [-0.15, -0.1) is 0 Å². The Balaban J connectivity index is 3.03. The van der Waals surface area contributed by atoms with Crippen molar-refractivity contribution in [3.63, 3.8) is 0 Å². The Morgan fingerprint density at radius 2 is 1.88 bits per heavy atom. The van der Waals surface area contributed by atoms with Crippen molar-refractivity contribution >= 4 is 15.7 Å². The fourth-order valence-corrected chi connectivity index (χ4v) is 2.34. The van der Waals surface area contributed by atoms with Gasteiger partial charge in [-0.2, -0.15) is 0 Å². The van der Waals surface area contributed by atoms with Crippen LogP contribution in [-0.2, 0) is 10.0 Å². The first-order valence-corrected chi connectivity index (χ1v) is 6.47. The van der Waals surface area contributed by atoms with Gasteiger partial charge >= 0.3 is 0 Å². The Bertz CT molecular complexity index is 486. The summed E-state index contributed by atoms with van der Waals surface area (Å²) in [7, 11) is -3.59. The van der Waals surface area contributed by atoms with E-state index in [0.29, 0.717) is 6.42 Å². The van der Waals surface area contributed by atoms with E-state index in [1.165, 1.54) is 6.92 Å². The fourth-order valence-electron chi connectivity index (χ4n) is 1.21. The number of nitrogens with one attached hydrogen (secondary N) is 1. The molecule has 0 spiro atoms. The van der Waals surface area contributed by atoms with Crippen molar-refractivity contribution in [3.8, 4) is 0 Å². The minimum atomic E-state index is -3.59. The zero-order valence-corrected chi connectivity index (χ0v) is 9.87. The summed E-state index contributed by atoms with van der Waals surface area (Å²) in [6.45, 7) is 3.09. The molecule has 0 unspecified atom stereocenters. The second-order valence-corrected chi connectivity index (χ2v) is 5.34. The summed E-state index contributed by atoms with van der Waals surface area (Å²) in [4.78, 5) is 0. The molecule has 0 saturated carbocycles. The van der Waals surface area contributed by atoms with Gasteiger partial charge in [0.05, 0.1) is 11.4 Å². The number of halogens is 2. The SMILES string of the molecule is CCCS(=O)(=O)Nc1cc(F)c(C)cc1F. The van der Waals surface area contributed by atoms with Crippen LogP contribution in [0, 0.1) is 18.6 Å². The number of hydrogen-bond donors (Lipinski definition) is 1. The van der Waals surface area contributed by atoms with E-state index in [9.17, 15) is 17.2 Å². The molecule has 1 N–H and O–H groups in total. The second kappa shape index (κ2) is 4.78. The standard InChI is InChI=1S/C10H13F2NO2S/c1-3-4-16(14,15)13-10-6-8(11)7(2)5-9(10)12/h5-6,13H,3-4H2,1-2H3. The lowest BCUT2D eigenvalue weighted by molar-refractivity contribution is 0.590. The van der Waals surface area contributed by atoms with Crippen LogP contribution in [0.2, 0.25) is 0 Å². The molecule has 0 aromatic heterocycles. The molecular weight excluding hydrogens is 236 g/mol. The Morgan fingerprint density at radius 3 is 2.44 bits per heavy atom. The predicted octanol–water partition coefficient (Wildman–Crippen LogP) is 2.42. The molecule has 0 atom stereocenters. The molecule has 0 fully saturated rings. The van der Waals surface area contributed by atoms with Crippen LogP contribution in [0.5, 0.6) is 0 Å². The lowest BCUT2D eigenvalue weighted by Gasteiger charge is -2.09. The number of aryl methyl sites for hydroxylation is 1. The van der Waals surface area contributed by atoms with Gasteiger partial charge in [0.1, 0.15) is 11.6 Å². The lowest BCUT2D eigenvalue weighted by Crippen LogP contribution is -2.17. The molecule has 0 aliphatic carbocycles. The zero-order chi connectivity index (χ0) is 12.3. The predicted molar refractivity (Wildman–Crippen MR) is 58.8 cm³/mol. The minimum Gasteiger partial charge on any atom is -0.280 e. The van der Waals surface area contributed by atoms with Gasteiger partial charge in [-0.3, -0.25) is 4.72 Å². The van der Waals surface area contributed by atoms with Crippen LogP contribution in [0.15, 0.2) is 12.1 Å². The summed E-state index contributed by atoms with van der Waals surface area (Å²) in [5.74, 6) is -1.55. The molecule has 90 valence electrons. The maximum Gasteiger partial charge on any atom is 0.232 e. The van der Waals surface area contributed by atoms with E-state index in [1.54, 1.807) is 6.92 Å². The van der Waals surface area contributed by atoms with Crippen molar-refractivity contribution < 1.29 is 17.2 Å². The Morgan fingerprint density at radius 1 is 1.25 bits per heavy atom. The van der Waals surface area contributed by atoms with Gasteiger partial charge in [0.15, 0.2) is 0 Å². The average molecular weight is 249 g/mol. The van der Waals surface area contributed by atoms with E-state index in [-0.39, 0.29) is 17.0 Å². The minimum absolute atomic E-state index is 0.123.